The minimum absolute atomic E-state index is 0.0721. The molecule has 2 aromatic rings. The summed E-state index contributed by atoms with van der Waals surface area (Å²) in [7, 11) is 0. The second-order valence-corrected chi connectivity index (χ2v) is 7.90. The van der Waals surface area contributed by atoms with E-state index in [4.69, 9.17) is 10.5 Å². The molecule has 0 saturated carbocycles. The molecule has 2 aromatic heterocycles. The van der Waals surface area contributed by atoms with Gasteiger partial charge in [-0.05, 0) is 47.6 Å². The number of fused-ring (bicyclic) bond motifs is 1. The highest BCUT2D eigenvalue weighted by molar-refractivity contribution is 5.86. The van der Waals surface area contributed by atoms with Crippen LogP contribution < -0.4 is 15.8 Å². The third kappa shape index (κ3) is 5.47. The van der Waals surface area contributed by atoms with Gasteiger partial charge in [-0.3, -0.25) is 4.57 Å². The molecule has 8 heteroatoms. The minimum atomic E-state index is -1.01. The summed E-state index contributed by atoms with van der Waals surface area (Å²) in [5.41, 5.74) is 5.97. The number of aromatic hydroxyl groups is 1. The lowest BCUT2D eigenvalue weighted by Gasteiger charge is -2.20. The van der Waals surface area contributed by atoms with Crippen molar-refractivity contribution >= 4 is 16.9 Å². The number of ether oxygens (including phenoxy) is 1. The van der Waals surface area contributed by atoms with E-state index >= 15 is 0 Å². The maximum Gasteiger partial charge on any atom is 0.295 e. The number of nitrogen functional groups attached to an aromatic ring is 1. The number of pyridine rings is 1. The van der Waals surface area contributed by atoms with Crippen LogP contribution in [0.3, 0.4) is 0 Å². The second kappa shape index (κ2) is 7.05. The molecule has 0 radical (unpaired) electrons. The third-order valence-corrected chi connectivity index (χ3v) is 3.49. The van der Waals surface area contributed by atoms with Crippen LogP contribution >= 0.6 is 0 Å². The van der Waals surface area contributed by atoms with Crippen molar-refractivity contribution in [3.63, 3.8) is 0 Å². The summed E-state index contributed by atoms with van der Waals surface area (Å²) in [5.74, 6) is 0.558. The Hall–Kier alpha value is -2.06. The molecule has 0 amide bonds. The molecule has 25 heavy (non-hydrogen) atoms. The first kappa shape index (κ1) is 19.3. The molecule has 2 rings (SSSR count). The maximum absolute atomic E-state index is 10.0. The lowest BCUT2D eigenvalue weighted by molar-refractivity contribution is 0.0601. The topological polar surface area (TPSA) is 118 Å². The van der Waals surface area contributed by atoms with Crippen LogP contribution in [0.2, 0.25) is 0 Å². The molecule has 0 aromatic carbocycles. The average molecular weight is 351 g/mol. The highest BCUT2D eigenvalue weighted by Gasteiger charge is 2.21. The number of nitrogens with one attached hydrogen (secondary N) is 1. The van der Waals surface area contributed by atoms with Crippen LogP contribution in [0.15, 0.2) is 6.07 Å². The zero-order chi connectivity index (χ0) is 18.8. The van der Waals surface area contributed by atoms with E-state index < -0.39 is 5.60 Å². The van der Waals surface area contributed by atoms with Crippen molar-refractivity contribution in [1.29, 1.82) is 0 Å². The van der Waals surface area contributed by atoms with Crippen LogP contribution in [0.5, 0.6) is 11.9 Å². The Morgan fingerprint density at radius 2 is 1.92 bits per heavy atom. The van der Waals surface area contributed by atoms with E-state index in [0.717, 1.165) is 13.0 Å². The smallest absolute Gasteiger partial charge is 0.295 e. The summed E-state index contributed by atoms with van der Waals surface area (Å²) in [6.07, 6.45) is 0.824. The van der Waals surface area contributed by atoms with Crippen LogP contribution in [0.1, 0.15) is 41.0 Å². The number of nitrogens with zero attached hydrogens (tertiary/aromatic N) is 3. The highest BCUT2D eigenvalue weighted by Crippen LogP contribution is 2.28. The quantitative estimate of drug-likeness (QED) is 0.560. The molecule has 0 atom stereocenters. The molecule has 0 fully saturated rings. The lowest BCUT2D eigenvalue weighted by Crippen LogP contribution is -2.36. The van der Waals surface area contributed by atoms with Gasteiger partial charge >= 0.3 is 0 Å². The van der Waals surface area contributed by atoms with Gasteiger partial charge in [-0.1, -0.05) is 0 Å². The Morgan fingerprint density at radius 1 is 1.24 bits per heavy atom. The zero-order valence-electron chi connectivity index (χ0n) is 15.6. The van der Waals surface area contributed by atoms with E-state index in [1.54, 1.807) is 19.9 Å². The van der Waals surface area contributed by atoms with Crippen LogP contribution in [-0.4, -0.2) is 49.0 Å². The van der Waals surface area contributed by atoms with Crippen LogP contribution in [0.25, 0.3) is 11.0 Å². The van der Waals surface area contributed by atoms with E-state index in [1.807, 2.05) is 0 Å². The van der Waals surface area contributed by atoms with Crippen LogP contribution in [0, 0.1) is 0 Å². The standard InChI is InChI=1S/C17H29N5O3/c1-16(2,3)19-7-6-8-25-12-9-11-13(14(18)20-12)21-15(23)22(11)10-17(4,5)24/h9,19,24H,6-8,10H2,1-5H3,(H2,18,20)(H,21,23). The molecule has 8 nitrogen and oxygen atoms in total. The lowest BCUT2D eigenvalue weighted by atomic mass is 10.1. The Bertz CT molecular complexity index is 728. The average Bonchev–Trinajstić information content (AvgIpc) is 2.73. The van der Waals surface area contributed by atoms with E-state index in [2.05, 4.69) is 36.1 Å². The van der Waals surface area contributed by atoms with Crippen molar-refractivity contribution < 1.29 is 14.9 Å². The van der Waals surface area contributed by atoms with Crippen molar-refractivity contribution in [1.82, 2.24) is 19.9 Å². The molecular weight excluding hydrogens is 322 g/mol. The summed E-state index contributed by atoms with van der Waals surface area (Å²) in [6, 6.07) is 1.47. The van der Waals surface area contributed by atoms with E-state index in [0.29, 0.717) is 23.5 Å². The summed E-state index contributed by atoms with van der Waals surface area (Å²) in [5, 5.41) is 23.5. The number of anilines is 1. The van der Waals surface area contributed by atoms with Crippen molar-refractivity contribution in [2.75, 3.05) is 18.9 Å². The van der Waals surface area contributed by atoms with Gasteiger partial charge in [-0.15, -0.1) is 0 Å². The number of hydrogen-bond donors (Lipinski definition) is 4. The fourth-order valence-corrected chi connectivity index (χ4v) is 2.44. The first-order valence-electron chi connectivity index (χ1n) is 8.42. The Balaban J connectivity index is 2.12. The first-order chi connectivity index (χ1) is 11.5. The molecule has 0 aliphatic heterocycles. The van der Waals surface area contributed by atoms with Gasteiger partial charge < -0.3 is 26.0 Å². The second-order valence-electron chi connectivity index (χ2n) is 7.90. The molecule has 2 heterocycles. The summed E-state index contributed by atoms with van der Waals surface area (Å²) < 4.78 is 7.19. The van der Waals surface area contributed by atoms with Gasteiger partial charge in [0, 0.05) is 11.6 Å². The molecular formula is C17H29N5O3. The van der Waals surface area contributed by atoms with E-state index in [-0.39, 0.29) is 23.9 Å². The normalized spacial score (nSPS) is 12.7. The molecule has 0 bridgehead atoms. The van der Waals surface area contributed by atoms with Gasteiger partial charge in [-0.2, -0.15) is 9.97 Å². The number of nitrogens with two attached hydrogens (primary N) is 1. The van der Waals surface area contributed by atoms with Gasteiger partial charge in [0.15, 0.2) is 5.82 Å². The summed E-state index contributed by atoms with van der Waals surface area (Å²) >= 11 is 0. The fraction of sp³-hybridized carbons (Fsp3) is 0.647. The van der Waals surface area contributed by atoms with Crippen LogP contribution in [-0.2, 0) is 6.54 Å². The number of aromatic nitrogens is 3. The number of hydrogen-bond acceptors (Lipinski definition) is 7. The van der Waals surface area contributed by atoms with Crippen molar-refractivity contribution in [3.05, 3.63) is 6.07 Å². The molecule has 5 N–H and O–H groups in total. The predicted molar refractivity (Wildman–Crippen MR) is 97.8 cm³/mol. The first-order valence-corrected chi connectivity index (χ1v) is 8.42. The van der Waals surface area contributed by atoms with Crippen molar-refractivity contribution in [2.45, 2.75) is 58.7 Å². The molecule has 0 saturated heterocycles. The molecule has 0 aliphatic rings. The molecule has 0 aliphatic carbocycles. The Kier molecular flexibility index (Phi) is 5.43. The number of rotatable bonds is 7. The molecule has 0 spiro atoms. The van der Waals surface area contributed by atoms with Gasteiger partial charge in [0.25, 0.3) is 6.01 Å². The van der Waals surface area contributed by atoms with Gasteiger partial charge in [-0.25, -0.2) is 0 Å². The number of aliphatic hydroxyl groups is 1. The SMILES string of the molecule is CC(C)(O)Cn1c(O)nc2c(N)nc(OCCCNC(C)(C)C)cc21. The Labute approximate surface area is 148 Å². The monoisotopic (exact) mass is 351 g/mol. The maximum atomic E-state index is 10.0. The van der Waals surface area contributed by atoms with Crippen molar-refractivity contribution in [2.24, 2.45) is 0 Å². The Morgan fingerprint density at radius 3 is 2.52 bits per heavy atom. The van der Waals surface area contributed by atoms with Crippen molar-refractivity contribution in [3.8, 4) is 11.9 Å². The van der Waals surface area contributed by atoms with E-state index in [1.165, 1.54) is 4.57 Å². The third-order valence-electron chi connectivity index (χ3n) is 3.49. The largest absolute Gasteiger partial charge is 0.480 e. The molecule has 140 valence electrons. The van der Waals surface area contributed by atoms with Crippen LogP contribution in [0.4, 0.5) is 5.82 Å². The van der Waals surface area contributed by atoms with Gasteiger partial charge in [0.2, 0.25) is 5.88 Å². The fourth-order valence-electron chi connectivity index (χ4n) is 2.44. The minimum Gasteiger partial charge on any atom is -0.480 e. The predicted octanol–water partition coefficient (Wildman–Crippen LogP) is 1.65. The zero-order valence-corrected chi connectivity index (χ0v) is 15.6. The van der Waals surface area contributed by atoms with Gasteiger partial charge in [0.1, 0.15) is 5.52 Å². The summed E-state index contributed by atoms with van der Waals surface area (Å²) in [6.45, 7) is 11.1. The number of imidazole rings is 1. The highest BCUT2D eigenvalue weighted by atomic mass is 16.5. The van der Waals surface area contributed by atoms with Gasteiger partial charge in [0.05, 0.1) is 24.3 Å². The summed E-state index contributed by atoms with van der Waals surface area (Å²) in [4.78, 5) is 8.21. The molecule has 0 unspecified atom stereocenters. The van der Waals surface area contributed by atoms with E-state index in [9.17, 15) is 10.2 Å².